The summed E-state index contributed by atoms with van der Waals surface area (Å²) in [5, 5.41) is 0. The van der Waals surface area contributed by atoms with Gasteiger partial charge in [-0.15, -0.1) is 0 Å². The molecule has 2 saturated carbocycles. The van der Waals surface area contributed by atoms with Crippen molar-refractivity contribution < 1.29 is 23.5 Å². The number of hydrogen-bond donors (Lipinski definition) is 0. The fourth-order valence-corrected chi connectivity index (χ4v) is 7.68. The molecule has 0 amide bonds. The number of carbonyl (C=O) groups is 2. The molecule has 0 aliphatic heterocycles. The number of carbonyl (C=O) groups excluding carboxylic acids is 2. The number of fused-ring (bicyclic) bond motifs is 1. The molecule has 2 fully saturated rings. The van der Waals surface area contributed by atoms with Crippen LogP contribution in [0.3, 0.4) is 0 Å². The van der Waals surface area contributed by atoms with Crippen LogP contribution < -0.4 is 0 Å². The van der Waals surface area contributed by atoms with E-state index in [1.807, 2.05) is 60.9 Å². The molecule has 3 aromatic rings. The minimum Gasteiger partial charge on any atom is -0.472 e. The van der Waals surface area contributed by atoms with Crippen molar-refractivity contribution in [2.75, 3.05) is 13.2 Å². The first-order chi connectivity index (χ1) is 18.9. The first kappa shape index (κ1) is 27.2. The van der Waals surface area contributed by atoms with Crippen molar-refractivity contribution in [1.29, 1.82) is 0 Å². The van der Waals surface area contributed by atoms with Gasteiger partial charge < -0.3 is 13.9 Å². The lowest BCUT2D eigenvalue weighted by Crippen LogP contribution is -2.54. The van der Waals surface area contributed by atoms with Crippen molar-refractivity contribution in [3.8, 4) is 0 Å². The summed E-state index contributed by atoms with van der Waals surface area (Å²) in [6.45, 7) is 5.63. The Morgan fingerprint density at radius 2 is 1.54 bits per heavy atom. The molecular weight excluding hydrogens is 488 g/mol. The highest BCUT2D eigenvalue weighted by Gasteiger charge is 2.56. The lowest BCUT2D eigenvalue weighted by molar-refractivity contribution is -0.130. The molecule has 2 aromatic carbocycles. The molecule has 5 atom stereocenters. The third-order valence-electron chi connectivity index (χ3n) is 9.65. The monoisotopic (exact) mass is 528 g/mol. The van der Waals surface area contributed by atoms with Gasteiger partial charge in [-0.2, -0.15) is 0 Å². The summed E-state index contributed by atoms with van der Waals surface area (Å²) in [7, 11) is 0. The summed E-state index contributed by atoms with van der Waals surface area (Å²) < 4.78 is 17.2. The van der Waals surface area contributed by atoms with E-state index in [1.54, 1.807) is 18.4 Å². The van der Waals surface area contributed by atoms with Crippen LogP contribution in [0.4, 0.5) is 0 Å². The number of rotatable bonds is 9. The van der Waals surface area contributed by atoms with Gasteiger partial charge in [-0.05, 0) is 97.6 Å². The molecule has 1 aromatic heterocycles. The smallest absolute Gasteiger partial charge is 0.338 e. The van der Waals surface area contributed by atoms with E-state index < -0.39 is 0 Å². The molecule has 2 aliphatic rings. The van der Waals surface area contributed by atoms with E-state index in [4.69, 9.17) is 13.9 Å². The van der Waals surface area contributed by atoms with Crippen molar-refractivity contribution in [1.82, 2.24) is 0 Å². The Labute approximate surface area is 231 Å². The quantitative estimate of drug-likeness (QED) is 0.266. The topological polar surface area (TPSA) is 65.7 Å². The summed E-state index contributed by atoms with van der Waals surface area (Å²) >= 11 is 0. The van der Waals surface area contributed by atoms with Gasteiger partial charge in [0.2, 0.25) is 0 Å². The molecule has 2 aliphatic carbocycles. The van der Waals surface area contributed by atoms with Gasteiger partial charge >= 0.3 is 11.9 Å². The van der Waals surface area contributed by atoms with Crippen LogP contribution >= 0.6 is 0 Å². The van der Waals surface area contributed by atoms with Crippen LogP contribution in [0, 0.1) is 28.6 Å². The molecule has 5 nitrogen and oxygen atoms in total. The molecule has 5 heteroatoms. The van der Waals surface area contributed by atoms with Gasteiger partial charge in [0.25, 0.3) is 0 Å². The zero-order valence-electron chi connectivity index (χ0n) is 23.1. The summed E-state index contributed by atoms with van der Waals surface area (Å²) in [5.74, 6) is 0.608. The zero-order valence-corrected chi connectivity index (χ0v) is 23.1. The minimum absolute atomic E-state index is 0.0674. The number of ether oxygens (including phenoxy) is 2. The number of benzene rings is 2. The standard InChI is InChI=1S/C34H40O5/c1-33(24-39-32(36)27-12-7-4-8-13-27)19-9-20-34(2)29(16-14-25-18-21-37-22-25)28(15-17-30(33)34)23-38-31(35)26-10-5-3-6-11-26/h3-8,10-13,18,21-22,28-30H,9,14-17,19-20,23-24H2,1-2H3/t28-,29-,30-,33-,34-/m0/s1. The second kappa shape index (κ2) is 11.8. The maximum Gasteiger partial charge on any atom is 0.338 e. The Balaban J connectivity index is 1.33. The predicted octanol–water partition coefficient (Wildman–Crippen LogP) is 7.77. The van der Waals surface area contributed by atoms with Crippen molar-refractivity contribution in [3.63, 3.8) is 0 Å². The van der Waals surface area contributed by atoms with Gasteiger partial charge in [-0.25, -0.2) is 9.59 Å². The van der Waals surface area contributed by atoms with Crippen LogP contribution in [0.15, 0.2) is 83.7 Å². The lowest BCUT2D eigenvalue weighted by Gasteiger charge is -2.60. The molecule has 0 N–H and O–H groups in total. The van der Waals surface area contributed by atoms with Crippen LogP contribution in [0.5, 0.6) is 0 Å². The molecule has 0 spiro atoms. The maximum atomic E-state index is 12.8. The summed E-state index contributed by atoms with van der Waals surface area (Å²) in [6.07, 6.45) is 10.9. The van der Waals surface area contributed by atoms with Crippen LogP contribution in [-0.4, -0.2) is 25.2 Å². The Morgan fingerprint density at radius 3 is 2.18 bits per heavy atom. The Kier molecular flexibility index (Phi) is 8.25. The lowest BCUT2D eigenvalue weighted by atomic mass is 9.45. The summed E-state index contributed by atoms with van der Waals surface area (Å²) in [5.41, 5.74) is 2.38. The van der Waals surface area contributed by atoms with Crippen LogP contribution in [0.2, 0.25) is 0 Å². The van der Waals surface area contributed by atoms with E-state index in [9.17, 15) is 9.59 Å². The Morgan fingerprint density at radius 1 is 0.872 bits per heavy atom. The molecular formula is C34H40O5. The summed E-state index contributed by atoms with van der Waals surface area (Å²) in [4.78, 5) is 25.6. The normalized spacial score (nSPS) is 28.3. The van der Waals surface area contributed by atoms with Gasteiger partial charge in [0.1, 0.15) is 0 Å². The van der Waals surface area contributed by atoms with E-state index in [0.717, 1.165) is 44.9 Å². The van der Waals surface area contributed by atoms with Gasteiger partial charge in [0.15, 0.2) is 0 Å². The highest BCUT2D eigenvalue weighted by molar-refractivity contribution is 5.89. The molecule has 5 rings (SSSR count). The van der Waals surface area contributed by atoms with E-state index >= 15 is 0 Å². The minimum atomic E-state index is -0.252. The highest BCUT2D eigenvalue weighted by Crippen LogP contribution is 2.62. The Hall–Kier alpha value is -3.34. The van der Waals surface area contributed by atoms with E-state index in [2.05, 4.69) is 13.8 Å². The average Bonchev–Trinajstić information content (AvgIpc) is 3.48. The number of furan rings is 1. The van der Waals surface area contributed by atoms with E-state index in [0.29, 0.717) is 42.1 Å². The summed E-state index contributed by atoms with van der Waals surface area (Å²) in [6, 6.07) is 20.5. The fourth-order valence-electron chi connectivity index (χ4n) is 7.68. The van der Waals surface area contributed by atoms with E-state index in [1.165, 1.54) is 5.56 Å². The largest absolute Gasteiger partial charge is 0.472 e. The van der Waals surface area contributed by atoms with Crippen molar-refractivity contribution in [2.24, 2.45) is 28.6 Å². The first-order valence-electron chi connectivity index (χ1n) is 14.3. The second-order valence-corrected chi connectivity index (χ2v) is 12.1. The predicted molar refractivity (Wildman–Crippen MR) is 150 cm³/mol. The first-order valence-corrected chi connectivity index (χ1v) is 14.3. The molecule has 0 unspecified atom stereocenters. The average molecular weight is 529 g/mol. The van der Waals surface area contributed by atoms with Crippen molar-refractivity contribution >= 4 is 11.9 Å². The molecule has 1 heterocycles. The number of esters is 2. The van der Waals surface area contributed by atoms with Crippen molar-refractivity contribution in [3.05, 3.63) is 95.9 Å². The van der Waals surface area contributed by atoms with Gasteiger partial charge in [0.05, 0.1) is 36.9 Å². The Bertz CT molecular complexity index is 1220. The SMILES string of the molecule is C[C@@]1(COC(=O)c2ccccc2)CCC[C@@]2(C)[C@@H](CCc3ccoc3)[C@H](COC(=O)c3ccccc3)CC[C@@H]12. The second-order valence-electron chi connectivity index (χ2n) is 12.1. The molecule has 206 valence electrons. The highest BCUT2D eigenvalue weighted by atomic mass is 16.5. The fraction of sp³-hybridized carbons (Fsp3) is 0.471. The number of hydrogen-bond acceptors (Lipinski definition) is 5. The van der Waals surface area contributed by atoms with Crippen LogP contribution in [0.1, 0.15) is 78.7 Å². The van der Waals surface area contributed by atoms with Gasteiger partial charge in [-0.3, -0.25) is 0 Å². The van der Waals surface area contributed by atoms with Crippen LogP contribution in [-0.2, 0) is 15.9 Å². The molecule has 0 saturated heterocycles. The molecule has 39 heavy (non-hydrogen) atoms. The number of aryl methyl sites for hydroxylation is 1. The van der Waals surface area contributed by atoms with Gasteiger partial charge in [0, 0.05) is 5.41 Å². The van der Waals surface area contributed by atoms with E-state index in [-0.39, 0.29) is 22.8 Å². The third-order valence-corrected chi connectivity index (χ3v) is 9.65. The maximum absolute atomic E-state index is 12.8. The molecule has 0 radical (unpaired) electrons. The van der Waals surface area contributed by atoms with Crippen molar-refractivity contribution in [2.45, 2.75) is 58.8 Å². The zero-order chi connectivity index (χ0) is 27.3. The third kappa shape index (κ3) is 5.98. The molecule has 0 bridgehead atoms. The van der Waals surface area contributed by atoms with Crippen LogP contribution in [0.25, 0.3) is 0 Å². The van der Waals surface area contributed by atoms with Gasteiger partial charge in [-0.1, -0.05) is 56.7 Å².